The first-order valence-electron chi connectivity index (χ1n) is 7.55. The van der Waals surface area contributed by atoms with E-state index in [0.29, 0.717) is 32.9 Å². The molecule has 5 nitrogen and oxygen atoms in total. The summed E-state index contributed by atoms with van der Waals surface area (Å²) in [5.41, 5.74) is 7.88. The van der Waals surface area contributed by atoms with Gasteiger partial charge in [0.2, 0.25) is 5.91 Å². The number of benzene rings is 2. The Bertz CT molecular complexity index is 894. The Hall–Kier alpha value is -2.57. The van der Waals surface area contributed by atoms with Crippen LogP contribution in [0.4, 0.5) is 10.7 Å². The van der Waals surface area contributed by atoms with Crippen molar-refractivity contribution in [3.05, 3.63) is 64.8 Å². The lowest BCUT2D eigenvalue weighted by atomic mass is 10.1. The van der Waals surface area contributed by atoms with Crippen LogP contribution in [0.5, 0.6) is 11.5 Å². The van der Waals surface area contributed by atoms with Gasteiger partial charge in [0.1, 0.15) is 16.5 Å². The summed E-state index contributed by atoms with van der Waals surface area (Å²) >= 11 is 7.26. The Morgan fingerprint density at radius 2 is 2.00 bits per heavy atom. The van der Waals surface area contributed by atoms with E-state index in [1.54, 1.807) is 31.2 Å². The number of rotatable bonds is 5. The van der Waals surface area contributed by atoms with Gasteiger partial charge in [-0.1, -0.05) is 23.7 Å². The molecular weight excluding hydrogens is 358 g/mol. The SMILES string of the molecule is Cc1nsc(NC(=O)Cc2cccc(Oc3ccc(N)cc3)c2)c1Cl. The van der Waals surface area contributed by atoms with Gasteiger partial charge in [-0.15, -0.1) is 0 Å². The maximum Gasteiger partial charge on any atom is 0.229 e. The van der Waals surface area contributed by atoms with Crippen molar-refractivity contribution >= 4 is 39.7 Å². The van der Waals surface area contributed by atoms with Crippen LogP contribution in [0.3, 0.4) is 0 Å². The molecule has 0 radical (unpaired) electrons. The highest BCUT2D eigenvalue weighted by molar-refractivity contribution is 7.11. The van der Waals surface area contributed by atoms with E-state index in [-0.39, 0.29) is 12.3 Å². The predicted molar refractivity (Wildman–Crippen MR) is 102 cm³/mol. The third-order valence-corrected chi connectivity index (χ3v) is 4.85. The third kappa shape index (κ3) is 4.49. The molecule has 0 aliphatic rings. The van der Waals surface area contributed by atoms with Crippen molar-refractivity contribution in [1.82, 2.24) is 4.37 Å². The van der Waals surface area contributed by atoms with Crippen LogP contribution in [-0.4, -0.2) is 10.3 Å². The summed E-state index contributed by atoms with van der Waals surface area (Å²) in [5, 5.41) is 3.84. The van der Waals surface area contributed by atoms with Crippen LogP contribution in [0.2, 0.25) is 5.02 Å². The average molecular weight is 374 g/mol. The highest BCUT2D eigenvalue weighted by Crippen LogP contribution is 2.29. The number of carbonyl (C=O) groups excluding carboxylic acids is 1. The van der Waals surface area contributed by atoms with E-state index < -0.39 is 0 Å². The molecule has 0 bridgehead atoms. The van der Waals surface area contributed by atoms with E-state index >= 15 is 0 Å². The molecule has 1 amide bonds. The molecule has 1 aromatic heterocycles. The molecule has 1 heterocycles. The predicted octanol–water partition coefficient (Wildman–Crippen LogP) is 4.66. The number of halogens is 1. The second-order valence-corrected chi connectivity index (χ2v) is 6.61. The summed E-state index contributed by atoms with van der Waals surface area (Å²) in [6, 6.07) is 14.5. The number of anilines is 2. The van der Waals surface area contributed by atoms with E-state index in [9.17, 15) is 4.79 Å². The van der Waals surface area contributed by atoms with Crippen molar-refractivity contribution in [1.29, 1.82) is 0 Å². The number of amides is 1. The topological polar surface area (TPSA) is 77.2 Å². The standard InChI is InChI=1S/C18H16ClN3O2S/c1-11-17(19)18(25-22-11)21-16(23)10-12-3-2-4-15(9-12)24-14-7-5-13(20)6-8-14/h2-9H,10,20H2,1H3,(H,21,23). The van der Waals surface area contributed by atoms with Gasteiger partial charge < -0.3 is 15.8 Å². The molecule has 0 aliphatic heterocycles. The first-order valence-corrected chi connectivity index (χ1v) is 8.70. The first-order chi connectivity index (χ1) is 12.0. The van der Waals surface area contributed by atoms with Crippen LogP contribution in [0.1, 0.15) is 11.3 Å². The number of hydrogen-bond donors (Lipinski definition) is 2. The summed E-state index contributed by atoms with van der Waals surface area (Å²) in [6.07, 6.45) is 0.214. The molecule has 7 heteroatoms. The minimum atomic E-state index is -0.157. The minimum Gasteiger partial charge on any atom is -0.457 e. The van der Waals surface area contributed by atoms with Crippen molar-refractivity contribution in [3.63, 3.8) is 0 Å². The number of nitrogens with zero attached hydrogens (tertiary/aromatic N) is 1. The fraction of sp³-hybridized carbons (Fsp3) is 0.111. The molecule has 3 rings (SSSR count). The second-order valence-electron chi connectivity index (χ2n) is 5.45. The molecule has 25 heavy (non-hydrogen) atoms. The molecule has 0 spiro atoms. The Labute approximate surface area is 154 Å². The summed E-state index contributed by atoms with van der Waals surface area (Å²) in [5.74, 6) is 1.18. The highest BCUT2D eigenvalue weighted by Gasteiger charge is 2.12. The number of ether oxygens (including phenoxy) is 1. The van der Waals surface area contributed by atoms with Crippen molar-refractivity contribution < 1.29 is 9.53 Å². The molecule has 128 valence electrons. The van der Waals surface area contributed by atoms with E-state index in [4.69, 9.17) is 22.1 Å². The molecular formula is C18H16ClN3O2S. The minimum absolute atomic E-state index is 0.157. The number of carbonyl (C=O) groups is 1. The number of aromatic nitrogens is 1. The summed E-state index contributed by atoms with van der Waals surface area (Å²) in [7, 11) is 0. The van der Waals surface area contributed by atoms with Crippen LogP contribution in [0, 0.1) is 6.92 Å². The molecule has 0 saturated heterocycles. The van der Waals surface area contributed by atoms with Gasteiger partial charge in [-0.3, -0.25) is 4.79 Å². The van der Waals surface area contributed by atoms with Gasteiger partial charge in [0, 0.05) is 5.69 Å². The lowest BCUT2D eigenvalue weighted by Gasteiger charge is -2.08. The highest BCUT2D eigenvalue weighted by atomic mass is 35.5. The number of nitrogens with one attached hydrogen (secondary N) is 1. The van der Waals surface area contributed by atoms with Gasteiger partial charge in [-0.2, -0.15) is 4.37 Å². The first kappa shape index (κ1) is 17.3. The normalized spacial score (nSPS) is 10.5. The Morgan fingerprint density at radius 1 is 1.24 bits per heavy atom. The summed E-state index contributed by atoms with van der Waals surface area (Å²) in [6.45, 7) is 1.80. The van der Waals surface area contributed by atoms with E-state index in [2.05, 4.69) is 9.69 Å². The number of nitrogens with two attached hydrogens (primary N) is 1. The monoisotopic (exact) mass is 373 g/mol. The van der Waals surface area contributed by atoms with E-state index in [0.717, 1.165) is 5.56 Å². The smallest absolute Gasteiger partial charge is 0.229 e. The van der Waals surface area contributed by atoms with Gasteiger partial charge in [-0.05, 0) is 60.4 Å². The molecule has 3 aromatic rings. The lowest BCUT2D eigenvalue weighted by molar-refractivity contribution is -0.115. The van der Waals surface area contributed by atoms with Crippen molar-refractivity contribution in [2.45, 2.75) is 13.3 Å². The molecule has 3 N–H and O–H groups in total. The largest absolute Gasteiger partial charge is 0.457 e. The molecule has 2 aromatic carbocycles. The second kappa shape index (κ2) is 7.55. The zero-order valence-electron chi connectivity index (χ0n) is 13.5. The molecule has 0 atom stereocenters. The third-order valence-electron chi connectivity index (χ3n) is 3.42. The van der Waals surface area contributed by atoms with Crippen molar-refractivity contribution in [2.24, 2.45) is 0 Å². The van der Waals surface area contributed by atoms with Gasteiger partial charge in [0.25, 0.3) is 0 Å². The molecule has 0 unspecified atom stereocenters. The Kier molecular flexibility index (Phi) is 5.21. The number of aryl methyl sites for hydroxylation is 1. The lowest BCUT2D eigenvalue weighted by Crippen LogP contribution is -2.13. The van der Waals surface area contributed by atoms with Crippen LogP contribution in [0.15, 0.2) is 48.5 Å². The molecule has 0 saturated carbocycles. The Balaban J connectivity index is 1.65. The Morgan fingerprint density at radius 3 is 2.68 bits per heavy atom. The maximum absolute atomic E-state index is 12.2. The van der Waals surface area contributed by atoms with Crippen molar-refractivity contribution in [2.75, 3.05) is 11.1 Å². The summed E-state index contributed by atoms with van der Waals surface area (Å²) in [4.78, 5) is 12.2. The number of hydrogen-bond acceptors (Lipinski definition) is 5. The van der Waals surface area contributed by atoms with E-state index in [1.165, 1.54) is 11.5 Å². The van der Waals surface area contributed by atoms with Crippen LogP contribution in [-0.2, 0) is 11.2 Å². The zero-order valence-corrected chi connectivity index (χ0v) is 15.0. The molecule has 0 fully saturated rings. The van der Waals surface area contributed by atoms with Gasteiger partial charge in [0.15, 0.2) is 0 Å². The molecule has 0 aliphatic carbocycles. The fourth-order valence-electron chi connectivity index (χ4n) is 2.18. The quantitative estimate of drug-likeness (QED) is 0.637. The number of nitrogen functional groups attached to an aromatic ring is 1. The van der Waals surface area contributed by atoms with Gasteiger partial charge in [0.05, 0.1) is 17.1 Å². The fourth-order valence-corrected chi connectivity index (χ4v) is 3.13. The van der Waals surface area contributed by atoms with E-state index in [1.807, 2.05) is 24.3 Å². The zero-order chi connectivity index (χ0) is 17.8. The van der Waals surface area contributed by atoms with Crippen LogP contribution >= 0.6 is 23.1 Å². The van der Waals surface area contributed by atoms with Crippen LogP contribution in [0.25, 0.3) is 0 Å². The van der Waals surface area contributed by atoms with Gasteiger partial charge >= 0.3 is 0 Å². The average Bonchev–Trinajstić information content (AvgIpc) is 2.89. The maximum atomic E-state index is 12.2. The van der Waals surface area contributed by atoms with Crippen LogP contribution < -0.4 is 15.8 Å². The van der Waals surface area contributed by atoms with Gasteiger partial charge in [-0.25, -0.2) is 0 Å². The van der Waals surface area contributed by atoms with Crippen molar-refractivity contribution in [3.8, 4) is 11.5 Å². The summed E-state index contributed by atoms with van der Waals surface area (Å²) < 4.78 is 9.89.